The molecule has 112 valence electrons. The Morgan fingerprint density at radius 1 is 1.45 bits per heavy atom. The summed E-state index contributed by atoms with van der Waals surface area (Å²) in [5.41, 5.74) is 0.835. The van der Waals surface area contributed by atoms with Crippen LogP contribution >= 0.6 is 0 Å². The molecule has 22 heavy (non-hydrogen) atoms. The van der Waals surface area contributed by atoms with Crippen molar-refractivity contribution < 1.29 is 14.5 Å². The summed E-state index contributed by atoms with van der Waals surface area (Å²) in [4.78, 5) is 33.8. The van der Waals surface area contributed by atoms with Crippen LogP contribution in [0.5, 0.6) is 0 Å². The van der Waals surface area contributed by atoms with E-state index in [0.717, 1.165) is 0 Å². The van der Waals surface area contributed by atoms with Crippen molar-refractivity contribution in [3.05, 3.63) is 45.6 Å². The smallest absolute Gasteiger partial charge is 0.269 e. The van der Waals surface area contributed by atoms with Crippen LogP contribution in [0.4, 0.5) is 11.4 Å². The largest absolute Gasteiger partial charge is 0.329 e. The normalized spacial score (nSPS) is 17.5. The predicted octanol–water partition coefficient (Wildman–Crippen LogP) is 1.47. The third kappa shape index (κ3) is 3.09. The molecule has 0 radical (unpaired) electrons. The van der Waals surface area contributed by atoms with Crippen molar-refractivity contribution in [2.45, 2.75) is 13.3 Å². The highest BCUT2D eigenvalue weighted by Gasteiger charge is 2.31. The second-order valence-corrected chi connectivity index (χ2v) is 4.75. The van der Waals surface area contributed by atoms with Crippen molar-refractivity contribution in [1.82, 2.24) is 5.32 Å². The minimum absolute atomic E-state index is 0.0940. The summed E-state index contributed by atoms with van der Waals surface area (Å²) in [7, 11) is 0. The van der Waals surface area contributed by atoms with Crippen molar-refractivity contribution in [3.63, 3.8) is 0 Å². The van der Waals surface area contributed by atoms with E-state index in [0.29, 0.717) is 11.4 Å². The highest BCUT2D eigenvalue weighted by Crippen LogP contribution is 2.24. The van der Waals surface area contributed by atoms with E-state index in [4.69, 9.17) is 5.26 Å². The molecule has 0 bridgehead atoms. The second kappa shape index (κ2) is 6.05. The van der Waals surface area contributed by atoms with Gasteiger partial charge in [-0.1, -0.05) is 0 Å². The van der Waals surface area contributed by atoms with E-state index >= 15 is 0 Å². The van der Waals surface area contributed by atoms with E-state index in [1.807, 2.05) is 6.07 Å². The summed E-state index contributed by atoms with van der Waals surface area (Å²) in [6.07, 6.45) is -0.112. The lowest BCUT2D eigenvalue weighted by molar-refractivity contribution is -0.384. The monoisotopic (exact) mass is 300 g/mol. The van der Waals surface area contributed by atoms with Gasteiger partial charge >= 0.3 is 0 Å². The number of carbonyl (C=O) groups is 2. The molecule has 1 aliphatic rings. The summed E-state index contributed by atoms with van der Waals surface area (Å²) in [5.74, 6) is -1.70. The van der Waals surface area contributed by atoms with Crippen LogP contribution in [0.25, 0.3) is 0 Å². The highest BCUT2D eigenvalue weighted by atomic mass is 16.6. The maximum atomic E-state index is 12.2. The number of nitriles is 1. The third-order valence-corrected chi connectivity index (χ3v) is 3.25. The van der Waals surface area contributed by atoms with E-state index in [1.165, 1.54) is 24.3 Å². The molecule has 2 amide bonds. The Morgan fingerprint density at radius 2 is 2.09 bits per heavy atom. The molecular formula is C14H12N4O4. The zero-order valence-corrected chi connectivity index (χ0v) is 11.6. The van der Waals surface area contributed by atoms with Crippen molar-refractivity contribution in [3.8, 4) is 6.07 Å². The van der Waals surface area contributed by atoms with E-state index < -0.39 is 16.7 Å². The number of nitrogens with zero attached hydrogens (tertiary/aromatic N) is 2. The summed E-state index contributed by atoms with van der Waals surface area (Å²) in [6.45, 7) is 1.56. The number of benzene rings is 1. The van der Waals surface area contributed by atoms with Crippen LogP contribution < -0.4 is 10.6 Å². The Balaban J connectivity index is 2.18. The lowest BCUT2D eigenvalue weighted by atomic mass is 9.90. The van der Waals surface area contributed by atoms with Crippen LogP contribution in [0, 0.1) is 27.4 Å². The maximum Gasteiger partial charge on any atom is 0.269 e. The zero-order valence-electron chi connectivity index (χ0n) is 11.6. The second-order valence-electron chi connectivity index (χ2n) is 4.75. The Bertz CT molecular complexity index is 715. The Kier molecular flexibility index (Phi) is 4.18. The van der Waals surface area contributed by atoms with Crippen LogP contribution in [0.1, 0.15) is 13.3 Å². The first-order valence-corrected chi connectivity index (χ1v) is 6.38. The molecular weight excluding hydrogens is 288 g/mol. The fourth-order valence-electron chi connectivity index (χ4n) is 2.16. The van der Waals surface area contributed by atoms with Gasteiger partial charge in [-0.25, -0.2) is 0 Å². The molecule has 1 aromatic carbocycles. The van der Waals surface area contributed by atoms with E-state index in [1.54, 1.807) is 6.92 Å². The molecule has 1 atom stereocenters. The number of allylic oxidation sites excluding steroid dienone is 1. The maximum absolute atomic E-state index is 12.2. The molecule has 0 aromatic heterocycles. The molecule has 0 aliphatic carbocycles. The third-order valence-electron chi connectivity index (χ3n) is 3.25. The van der Waals surface area contributed by atoms with Crippen LogP contribution in [-0.2, 0) is 9.59 Å². The fraction of sp³-hybridized carbons (Fsp3) is 0.214. The van der Waals surface area contributed by atoms with Gasteiger partial charge in [-0.15, -0.1) is 0 Å². The molecule has 1 aromatic rings. The number of rotatable bonds is 3. The van der Waals surface area contributed by atoms with Gasteiger partial charge in [0.15, 0.2) is 0 Å². The van der Waals surface area contributed by atoms with E-state index in [2.05, 4.69) is 10.6 Å². The van der Waals surface area contributed by atoms with Crippen molar-refractivity contribution in [2.24, 2.45) is 5.92 Å². The molecule has 0 saturated carbocycles. The summed E-state index contributed by atoms with van der Waals surface area (Å²) >= 11 is 0. The molecule has 0 saturated heterocycles. The predicted molar refractivity (Wildman–Crippen MR) is 76.3 cm³/mol. The molecule has 2 N–H and O–H groups in total. The summed E-state index contributed by atoms with van der Waals surface area (Å²) < 4.78 is 0. The number of non-ortho nitro benzene ring substituents is 1. The van der Waals surface area contributed by atoms with Crippen LogP contribution in [0.3, 0.4) is 0 Å². The molecule has 0 spiro atoms. The molecule has 1 heterocycles. The van der Waals surface area contributed by atoms with Gasteiger partial charge < -0.3 is 10.6 Å². The van der Waals surface area contributed by atoms with Crippen molar-refractivity contribution in [2.75, 3.05) is 5.32 Å². The molecule has 2 rings (SSSR count). The molecule has 1 aliphatic heterocycles. The summed E-state index contributed by atoms with van der Waals surface area (Å²) in [5, 5.41) is 24.8. The molecule has 8 heteroatoms. The number of amides is 2. The van der Waals surface area contributed by atoms with Crippen LogP contribution in [0.15, 0.2) is 35.5 Å². The van der Waals surface area contributed by atoms with E-state index in [-0.39, 0.29) is 23.6 Å². The number of hydrogen-bond donors (Lipinski definition) is 2. The minimum Gasteiger partial charge on any atom is -0.329 e. The van der Waals surface area contributed by atoms with E-state index in [9.17, 15) is 19.7 Å². The van der Waals surface area contributed by atoms with Gasteiger partial charge in [-0.3, -0.25) is 19.7 Å². The average molecular weight is 300 g/mol. The van der Waals surface area contributed by atoms with Crippen LogP contribution in [-0.4, -0.2) is 16.7 Å². The highest BCUT2D eigenvalue weighted by molar-refractivity contribution is 5.99. The minimum atomic E-state index is -0.867. The first-order valence-electron chi connectivity index (χ1n) is 6.38. The Hall–Kier alpha value is -3.21. The van der Waals surface area contributed by atoms with Gasteiger partial charge in [0.1, 0.15) is 0 Å². The van der Waals surface area contributed by atoms with Gasteiger partial charge in [0.25, 0.3) is 5.69 Å². The van der Waals surface area contributed by atoms with Crippen molar-refractivity contribution in [1.29, 1.82) is 5.26 Å². The standard InChI is InChI=1S/C14H12N4O4/c1-8-12(7-15)11(6-13(19)16-8)14(20)17-9-2-4-10(5-3-9)18(21)22/h2-5,11H,6H2,1H3,(H,16,19)(H,17,20). The van der Waals surface area contributed by atoms with Gasteiger partial charge in [0.05, 0.1) is 22.5 Å². The Labute approximate surface area is 125 Å². The van der Waals surface area contributed by atoms with Crippen molar-refractivity contribution >= 4 is 23.2 Å². The van der Waals surface area contributed by atoms with Gasteiger partial charge in [0.2, 0.25) is 11.8 Å². The quantitative estimate of drug-likeness (QED) is 0.645. The number of nitro groups is 1. The number of hydrogen-bond acceptors (Lipinski definition) is 5. The van der Waals surface area contributed by atoms with Gasteiger partial charge in [-0.05, 0) is 19.1 Å². The lowest BCUT2D eigenvalue weighted by Crippen LogP contribution is -2.37. The molecule has 1 unspecified atom stereocenters. The molecule has 8 nitrogen and oxygen atoms in total. The zero-order chi connectivity index (χ0) is 16.3. The fourth-order valence-corrected chi connectivity index (χ4v) is 2.16. The summed E-state index contributed by atoms with van der Waals surface area (Å²) in [6, 6.07) is 7.23. The SMILES string of the molecule is CC1=C(C#N)C(C(=O)Nc2ccc([N+](=O)[O-])cc2)CC(=O)N1. The lowest BCUT2D eigenvalue weighted by Gasteiger charge is -2.22. The first kappa shape index (κ1) is 15.2. The topological polar surface area (TPSA) is 125 Å². The average Bonchev–Trinajstić information content (AvgIpc) is 2.47. The molecule has 0 fully saturated rings. The number of carbonyl (C=O) groups excluding carboxylic acids is 2. The first-order chi connectivity index (χ1) is 10.4. The number of anilines is 1. The van der Waals surface area contributed by atoms with Crippen LogP contribution in [0.2, 0.25) is 0 Å². The van der Waals surface area contributed by atoms with Gasteiger partial charge in [0, 0.05) is 29.9 Å². The Morgan fingerprint density at radius 3 is 2.64 bits per heavy atom. The van der Waals surface area contributed by atoms with Gasteiger partial charge in [-0.2, -0.15) is 5.26 Å². The number of nitrogens with one attached hydrogen (secondary N) is 2. The number of nitro benzene ring substituents is 1.